The molecule has 3 N–H and O–H groups in total. The number of fused-ring (bicyclic) bond motifs is 1. The summed E-state index contributed by atoms with van der Waals surface area (Å²) in [7, 11) is 3.39. The van der Waals surface area contributed by atoms with Crippen molar-refractivity contribution in [2.75, 3.05) is 20.8 Å². The molecule has 34 heavy (non-hydrogen) atoms. The molecule has 4 bridgehead atoms. The predicted octanol–water partition coefficient (Wildman–Crippen LogP) is 6.60. The van der Waals surface area contributed by atoms with E-state index < -0.39 is 0 Å². The van der Waals surface area contributed by atoms with E-state index in [1.54, 1.807) is 19.8 Å². The Labute approximate surface area is 203 Å². The largest absolute Gasteiger partial charge is 0.493 e. The molecule has 4 fully saturated rings. The van der Waals surface area contributed by atoms with Crippen LogP contribution in [-0.4, -0.2) is 25.7 Å². The molecule has 0 saturated heterocycles. The minimum Gasteiger partial charge on any atom is -0.493 e. The van der Waals surface area contributed by atoms with Crippen molar-refractivity contribution in [3.05, 3.63) is 47.5 Å². The molecule has 1 aromatic heterocycles. The monoisotopic (exact) mass is 458 g/mol. The van der Waals surface area contributed by atoms with Crippen molar-refractivity contribution in [1.29, 1.82) is 0 Å². The van der Waals surface area contributed by atoms with Gasteiger partial charge in [0.25, 0.3) is 0 Å². The lowest BCUT2D eigenvalue weighted by molar-refractivity contribution is -0.00513. The number of benzene rings is 2. The Kier molecular flexibility index (Phi) is 5.60. The van der Waals surface area contributed by atoms with E-state index in [4.69, 9.17) is 15.2 Å². The molecule has 4 heteroatoms. The van der Waals surface area contributed by atoms with Crippen molar-refractivity contribution in [2.45, 2.75) is 63.2 Å². The molecule has 1 heterocycles. The quantitative estimate of drug-likeness (QED) is 0.374. The van der Waals surface area contributed by atoms with Crippen molar-refractivity contribution < 1.29 is 9.47 Å². The Hall–Kier alpha value is -2.46. The number of aryl methyl sites for hydroxylation is 1. The summed E-state index contributed by atoms with van der Waals surface area (Å²) in [6, 6.07) is 13.6. The molecule has 4 aliphatic rings. The predicted molar refractivity (Wildman–Crippen MR) is 139 cm³/mol. The second-order valence-electron chi connectivity index (χ2n) is 11.3. The Bertz CT molecular complexity index is 1160. The summed E-state index contributed by atoms with van der Waals surface area (Å²) in [6.07, 6.45) is 11.8. The number of hydrogen-bond donors (Lipinski definition) is 2. The van der Waals surface area contributed by atoms with E-state index in [2.05, 4.69) is 35.3 Å². The normalized spacial score (nSPS) is 27.4. The highest BCUT2D eigenvalue weighted by atomic mass is 16.5. The summed E-state index contributed by atoms with van der Waals surface area (Å²) in [5.41, 5.74) is 12.9. The standard InChI is InChI=1S/C30H38N2O2/c1-33-27-9-6-22(14-28(27)34-2)29-24(5-3-4-10-31)25-15-23(7-8-26(25)32-29)30-16-19-11-20(17-30)13-21(12-19)18-30/h6-9,14-15,19-21,32H,3-5,10-13,16-18,31H2,1-2H3. The van der Waals surface area contributed by atoms with Crippen molar-refractivity contribution in [3.63, 3.8) is 0 Å². The fraction of sp³-hybridized carbons (Fsp3) is 0.533. The first kappa shape index (κ1) is 22.0. The van der Waals surface area contributed by atoms with Crippen LogP contribution in [0, 0.1) is 17.8 Å². The van der Waals surface area contributed by atoms with Gasteiger partial charge in [-0.3, -0.25) is 0 Å². The number of nitrogens with one attached hydrogen (secondary N) is 1. The van der Waals surface area contributed by atoms with Gasteiger partial charge in [-0.05, 0) is 129 Å². The number of nitrogens with two attached hydrogens (primary N) is 1. The molecule has 0 radical (unpaired) electrons. The zero-order valence-electron chi connectivity index (χ0n) is 20.7. The van der Waals surface area contributed by atoms with Gasteiger partial charge in [0.2, 0.25) is 0 Å². The van der Waals surface area contributed by atoms with Gasteiger partial charge in [-0.25, -0.2) is 0 Å². The van der Waals surface area contributed by atoms with Gasteiger partial charge >= 0.3 is 0 Å². The van der Waals surface area contributed by atoms with E-state index in [1.165, 1.54) is 60.7 Å². The molecule has 0 amide bonds. The van der Waals surface area contributed by atoms with Crippen LogP contribution in [0.3, 0.4) is 0 Å². The number of methoxy groups -OCH3 is 2. The topological polar surface area (TPSA) is 60.3 Å². The van der Waals surface area contributed by atoms with Gasteiger partial charge in [0.1, 0.15) is 0 Å². The number of H-pyrrole nitrogens is 1. The van der Waals surface area contributed by atoms with Crippen molar-refractivity contribution >= 4 is 10.9 Å². The van der Waals surface area contributed by atoms with Crippen LogP contribution >= 0.6 is 0 Å². The maximum atomic E-state index is 5.85. The maximum absolute atomic E-state index is 5.85. The van der Waals surface area contributed by atoms with E-state index in [1.807, 2.05) is 6.07 Å². The molecule has 4 saturated carbocycles. The van der Waals surface area contributed by atoms with Crippen LogP contribution in [-0.2, 0) is 11.8 Å². The Balaban J connectivity index is 1.44. The summed E-state index contributed by atoms with van der Waals surface area (Å²) in [4.78, 5) is 3.77. The van der Waals surface area contributed by atoms with E-state index in [0.717, 1.165) is 60.6 Å². The molecule has 4 aliphatic carbocycles. The number of aromatic nitrogens is 1. The van der Waals surface area contributed by atoms with Crippen LogP contribution in [0.1, 0.15) is 62.5 Å². The summed E-state index contributed by atoms with van der Waals surface area (Å²) < 4.78 is 11.1. The molecule has 0 unspecified atom stereocenters. The van der Waals surface area contributed by atoms with Gasteiger partial charge < -0.3 is 20.2 Å². The van der Waals surface area contributed by atoms with Gasteiger partial charge in [0.15, 0.2) is 11.5 Å². The zero-order chi connectivity index (χ0) is 23.3. The lowest BCUT2D eigenvalue weighted by atomic mass is 9.48. The number of hydrogen-bond acceptors (Lipinski definition) is 3. The molecule has 4 nitrogen and oxygen atoms in total. The molecule has 3 aromatic rings. The Morgan fingerprint density at radius 3 is 2.24 bits per heavy atom. The third-order valence-corrected chi connectivity index (χ3v) is 9.11. The lowest BCUT2D eigenvalue weighted by Crippen LogP contribution is -2.48. The number of rotatable bonds is 8. The molecule has 2 aromatic carbocycles. The van der Waals surface area contributed by atoms with Gasteiger partial charge in [-0.2, -0.15) is 0 Å². The SMILES string of the molecule is COc1ccc(-c2[nH]c3ccc(C45CC6CC(CC(C6)C4)C5)cc3c2CCCCN)cc1OC. The summed E-state index contributed by atoms with van der Waals surface area (Å²) in [6.45, 7) is 0.743. The minimum absolute atomic E-state index is 0.415. The average Bonchev–Trinajstić information content (AvgIpc) is 3.21. The van der Waals surface area contributed by atoms with Crippen LogP contribution in [0.2, 0.25) is 0 Å². The number of ether oxygens (including phenoxy) is 2. The smallest absolute Gasteiger partial charge is 0.161 e. The number of unbranched alkanes of at least 4 members (excludes halogenated alkanes) is 1. The highest BCUT2D eigenvalue weighted by molar-refractivity contribution is 5.91. The first-order chi connectivity index (χ1) is 16.6. The Morgan fingerprint density at radius 1 is 0.882 bits per heavy atom. The third kappa shape index (κ3) is 3.62. The summed E-state index contributed by atoms with van der Waals surface area (Å²) >= 11 is 0. The fourth-order valence-corrected chi connectivity index (χ4v) is 7.99. The van der Waals surface area contributed by atoms with Crippen molar-refractivity contribution in [1.82, 2.24) is 4.98 Å². The second kappa shape index (κ2) is 8.64. The van der Waals surface area contributed by atoms with Gasteiger partial charge in [-0.15, -0.1) is 0 Å². The molecule has 0 spiro atoms. The fourth-order valence-electron chi connectivity index (χ4n) is 7.99. The van der Waals surface area contributed by atoms with E-state index in [9.17, 15) is 0 Å². The van der Waals surface area contributed by atoms with E-state index in [0.29, 0.717) is 5.41 Å². The third-order valence-electron chi connectivity index (χ3n) is 9.11. The molecule has 7 rings (SSSR count). The maximum Gasteiger partial charge on any atom is 0.161 e. The molecular formula is C30H38N2O2. The highest BCUT2D eigenvalue weighted by Gasteiger charge is 2.51. The summed E-state index contributed by atoms with van der Waals surface area (Å²) in [5.74, 6) is 4.40. The lowest BCUT2D eigenvalue weighted by Gasteiger charge is -2.57. The average molecular weight is 459 g/mol. The molecule has 0 aliphatic heterocycles. The molecule has 0 atom stereocenters. The zero-order valence-corrected chi connectivity index (χ0v) is 20.7. The highest BCUT2D eigenvalue weighted by Crippen LogP contribution is 2.61. The van der Waals surface area contributed by atoms with Crippen LogP contribution in [0.4, 0.5) is 0 Å². The van der Waals surface area contributed by atoms with Crippen molar-refractivity contribution in [2.24, 2.45) is 23.5 Å². The van der Waals surface area contributed by atoms with Crippen LogP contribution in [0.15, 0.2) is 36.4 Å². The van der Waals surface area contributed by atoms with Gasteiger partial charge in [-0.1, -0.05) is 6.07 Å². The Morgan fingerprint density at radius 2 is 1.59 bits per heavy atom. The van der Waals surface area contributed by atoms with Crippen LogP contribution in [0.25, 0.3) is 22.2 Å². The van der Waals surface area contributed by atoms with Gasteiger partial charge in [0, 0.05) is 22.2 Å². The first-order valence-electron chi connectivity index (χ1n) is 13.2. The van der Waals surface area contributed by atoms with Crippen molar-refractivity contribution in [3.8, 4) is 22.8 Å². The van der Waals surface area contributed by atoms with Crippen LogP contribution < -0.4 is 15.2 Å². The van der Waals surface area contributed by atoms with E-state index >= 15 is 0 Å². The molecule has 180 valence electrons. The minimum atomic E-state index is 0.415. The van der Waals surface area contributed by atoms with E-state index in [-0.39, 0.29) is 0 Å². The number of aromatic amines is 1. The first-order valence-corrected chi connectivity index (χ1v) is 13.2. The summed E-state index contributed by atoms with van der Waals surface area (Å²) in [5, 5.41) is 1.40. The molecular weight excluding hydrogens is 420 g/mol. The van der Waals surface area contributed by atoms with Gasteiger partial charge in [0.05, 0.1) is 14.2 Å². The second-order valence-corrected chi connectivity index (χ2v) is 11.3. The van der Waals surface area contributed by atoms with Crippen LogP contribution in [0.5, 0.6) is 11.5 Å².